The number of hydrogen-bond donors (Lipinski definition) is 0. The zero-order valence-corrected chi connectivity index (χ0v) is 14.8. The van der Waals surface area contributed by atoms with Crippen molar-refractivity contribution in [2.75, 3.05) is 53.5 Å². The van der Waals surface area contributed by atoms with Gasteiger partial charge in [-0.25, -0.2) is 9.48 Å². The summed E-state index contributed by atoms with van der Waals surface area (Å²) in [7, 11) is 3.30. The number of carbonyl (C=O) groups is 2. The van der Waals surface area contributed by atoms with Crippen molar-refractivity contribution in [3.8, 4) is 0 Å². The number of nitrogens with zero attached hydrogens (tertiary/aromatic N) is 6. The predicted molar refractivity (Wildman–Crippen MR) is 87.8 cm³/mol. The zero-order chi connectivity index (χ0) is 17.7. The molecule has 3 amide bonds. The van der Waals surface area contributed by atoms with Crippen LogP contribution in [0.4, 0.5) is 4.79 Å². The Balaban J connectivity index is 1.89. The van der Waals surface area contributed by atoms with Crippen LogP contribution in [0.3, 0.4) is 0 Å². The maximum absolute atomic E-state index is 12.2. The third-order valence-corrected chi connectivity index (χ3v) is 4.25. The Morgan fingerprint density at radius 1 is 1.33 bits per heavy atom. The first kappa shape index (κ1) is 18.2. The Kier molecular flexibility index (Phi) is 6.13. The summed E-state index contributed by atoms with van der Waals surface area (Å²) in [5.74, 6) is -0.186. The number of rotatable bonds is 7. The van der Waals surface area contributed by atoms with Crippen molar-refractivity contribution in [3.63, 3.8) is 0 Å². The second-order valence-electron chi connectivity index (χ2n) is 5.82. The SMILES string of the molecule is CCN(CC)C(=O)N1CC(n2cc(C(=O)N(C)CCOC)nn2)C1. The van der Waals surface area contributed by atoms with E-state index in [-0.39, 0.29) is 18.0 Å². The van der Waals surface area contributed by atoms with Gasteiger partial charge >= 0.3 is 6.03 Å². The number of carbonyl (C=O) groups excluding carboxylic acids is 2. The van der Waals surface area contributed by atoms with Crippen LogP contribution < -0.4 is 0 Å². The number of likely N-dealkylation sites (tertiary alicyclic amines) is 1. The summed E-state index contributed by atoms with van der Waals surface area (Å²) in [5.41, 5.74) is 0.308. The quantitative estimate of drug-likeness (QED) is 0.715. The monoisotopic (exact) mass is 338 g/mol. The van der Waals surface area contributed by atoms with Gasteiger partial charge in [-0.15, -0.1) is 5.10 Å². The minimum atomic E-state index is -0.186. The fourth-order valence-electron chi connectivity index (χ4n) is 2.55. The van der Waals surface area contributed by atoms with Crippen LogP contribution in [0.1, 0.15) is 30.4 Å². The fourth-order valence-corrected chi connectivity index (χ4v) is 2.55. The number of amides is 3. The molecule has 0 N–H and O–H groups in total. The van der Waals surface area contributed by atoms with Gasteiger partial charge in [0.2, 0.25) is 0 Å². The molecule has 1 aromatic rings. The van der Waals surface area contributed by atoms with E-state index in [0.29, 0.717) is 45.0 Å². The predicted octanol–water partition coefficient (Wildman–Crippen LogP) is 0.315. The summed E-state index contributed by atoms with van der Waals surface area (Å²) in [6.45, 7) is 7.48. The second kappa shape index (κ2) is 8.09. The lowest BCUT2D eigenvalue weighted by Gasteiger charge is -2.41. The normalized spacial score (nSPS) is 14.4. The Morgan fingerprint density at radius 3 is 2.58 bits per heavy atom. The molecule has 0 aliphatic carbocycles. The van der Waals surface area contributed by atoms with E-state index in [0.717, 1.165) is 0 Å². The topological polar surface area (TPSA) is 83.8 Å². The van der Waals surface area contributed by atoms with E-state index < -0.39 is 0 Å². The van der Waals surface area contributed by atoms with Crippen LogP contribution in [-0.4, -0.2) is 95.1 Å². The van der Waals surface area contributed by atoms with E-state index in [4.69, 9.17) is 4.74 Å². The van der Waals surface area contributed by atoms with Crippen molar-refractivity contribution >= 4 is 11.9 Å². The van der Waals surface area contributed by atoms with Crippen LogP contribution in [0.2, 0.25) is 0 Å². The second-order valence-corrected chi connectivity index (χ2v) is 5.82. The molecule has 1 aliphatic heterocycles. The van der Waals surface area contributed by atoms with Crippen LogP contribution in [0.15, 0.2) is 6.20 Å². The van der Waals surface area contributed by atoms with Gasteiger partial charge < -0.3 is 19.4 Å². The molecule has 24 heavy (non-hydrogen) atoms. The summed E-state index contributed by atoms with van der Waals surface area (Å²) in [4.78, 5) is 29.5. The molecule has 0 radical (unpaired) electrons. The van der Waals surface area contributed by atoms with E-state index in [1.54, 1.807) is 39.7 Å². The van der Waals surface area contributed by atoms with Gasteiger partial charge in [-0.1, -0.05) is 5.21 Å². The number of likely N-dealkylation sites (N-methyl/N-ethyl adjacent to an activating group) is 1. The van der Waals surface area contributed by atoms with Gasteiger partial charge in [-0.2, -0.15) is 0 Å². The van der Waals surface area contributed by atoms with Crippen molar-refractivity contribution in [1.29, 1.82) is 0 Å². The average molecular weight is 338 g/mol. The number of methoxy groups -OCH3 is 1. The van der Waals surface area contributed by atoms with Crippen molar-refractivity contribution in [1.82, 2.24) is 29.7 Å². The van der Waals surface area contributed by atoms with Gasteiger partial charge in [0.15, 0.2) is 5.69 Å². The third kappa shape index (κ3) is 3.84. The third-order valence-electron chi connectivity index (χ3n) is 4.25. The number of aromatic nitrogens is 3. The van der Waals surface area contributed by atoms with E-state index in [1.807, 2.05) is 13.8 Å². The van der Waals surface area contributed by atoms with E-state index in [1.165, 1.54) is 0 Å². The van der Waals surface area contributed by atoms with E-state index in [2.05, 4.69) is 10.3 Å². The van der Waals surface area contributed by atoms with Gasteiger partial charge in [-0.3, -0.25) is 4.79 Å². The highest BCUT2D eigenvalue weighted by atomic mass is 16.5. The molecule has 0 bridgehead atoms. The minimum Gasteiger partial charge on any atom is -0.383 e. The van der Waals surface area contributed by atoms with Crippen LogP contribution >= 0.6 is 0 Å². The Hall–Kier alpha value is -2.16. The minimum absolute atomic E-state index is 0.0481. The van der Waals surface area contributed by atoms with Crippen molar-refractivity contribution in [2.45, 2.75) is 19.9 Å². The molecule has 0 unspecified atom stereocenters. The molecule has 134 valence electrons. The molecule has 0 aromatic carbocycles. The smallest absolute Gasteiger partial charge is 0.320 e. The summed E-state index contributed by atoms with van der Waals surface area (Å²) >= 11 is 0. The molecule has 9 heteroatoms. The summed E-state index contributed by atoms with van der Waals surface area (Å²) in [6, 6.07) is 0.120. The molecule has 0 saturated carbocycles. The molecule has 2 rings (SSSR count). The highest BCUT2D eigenvalue weighted by Gasteiger charge is 2.34. The molecule has 2 heterocycles. The summed E-state index contributed by atoms with van der Waals surface area (Å²) in [6.07, 6.45) is 1.65. The first-order valence-electron chi connectivity index (χ1n) is 8.21. The average Bonchev–Trinajstić information content (AvgIpc) is 3.01. The Morgan fingerprint density at radius 2 is 2.00 bits per heavy atom. The summed E-state index contributed by atoms with van der Waals surface area (Å²) in [5, 5.41) is 7.99. The van der Waals surface area contributed by atoms with Crippen molar-refractivity contribution < 1.29 is 14.3 Å². The number of urea groups is 1. The van der Waals surface area contributed by atoms with Crippen LogP contribution in [0.5, 0.6) is 0 Å². The fraction of sp³-hybridized carbons (Fsp3) is 0.733. The lowest BCUT2D eigenvalue weighted by atomic mass is 10.1. The first-order chi connectivity index (χ1) is 11.5. The van der Waals surface area contributed by atoms with Gasteiger partial charge in [0.1, 0.15) is 0 Å². The molecule has 0 atom stereocenters. The molecule has 1 fully saturated rings. The van der Waals surface area contributed by atoms with Gasteiger partial charge in [0.25, 0.3) is 5.91 Å². The van der Waals surface area contributed by atoms with Gasteiger partial charge in [-0.05, 0) is 13.8 Å². The van der Waals surface area contributed by atoms with Gasteiger partial charge in [0.05, 0.1) is 18.8 Å². The van der Waals surface area contributed by atoms with Crippen molar-refractivity contribution in [3.05, 3.63) is 11.9 Å². The van der Waals surface area contributed by atoms with Crippen LogP contribution in [-0.2, 0) is 4.74 Å². The summed E-state index contributed by atoms with van der Waals surface area (Å²) < 4.78 is 6.63. The molecular weight excluding hydrogens is 312 g/mol. The highest BCUT2D eigenvalue weighted by Crippen LogP contribution is 2.21. The highest BCUT2D eigenvalue weighted by molar-refractivity contribution is 5.91. The standard InChI is InChI=1S/C15H26N6O3/c1-5-19(6-2)15(23)20-9-12(10-20)21-11-13(16-17-21)14(22)18(3)7-8-24-4/h11-12H,5-10H2,1-4H3. The molecule has 1 aromatic heterocycles. The maximum Gasteiger partial charge on any atom is 0.320 e. The maximum atomic E-state index is 12.2. The molecule has 1 saturated heterocycles. The van der Waals surface area contributed by atoms with Crippen LogP contribution in [0.25, 0.3) is 0 Å². The molecular formula is C15H26N6O3. The first-order valence-corrected chi connectivity index (χ1v) is 8.21. The molecule has 9 nitrogen and oxygen atoms in total. The number of ether oxygens (including phenoxy) is 1. The van der Waals surface area contributed by atoms with Crippen LogP contribution in [0, 0.1) is 0 Å². The lowest BCUT2D eigenvalue weighted by molar-refractivity contribution is 0.0737. The lowest BCUT2D eigenvalue weighted by Crippen LogP contribution is -2.55. The molecule has 1 aliphatic rings. The largest absolute Gasteiger partial charge is 0.383 e. The van der Waals surface area contributed by atoms with E-state index in [9.17, 15) is 9.59 Å². The van der Waals surface area contributed by atoms with E-state index >= 15 is 0 Å². The van der Waals surface area contributed by atoms with Gasteiger partial charge in [0, 0.05) is 46.9 Å². The Labute approximate surface area is 142 Å². The zero-order valence-electron chi connectivity index (χ0n) is 14.8. The Bertz CT molecular complexity index is 565. The van der Waals surface area contributed by atoms with Crippen molar-refractivity contribution in [2.24, 2.45) is 0 Å². The number of hydrogen-bond acceptors (Lipinski definition) is 5. The molecule has 0 spiro atoms.